The lowest BCUT2D eigenvalue weighted by Crippen LogP contribution is -2.43. The lowest BCUT2D eigenvalue weighted by molar-refractivity contribution is -0.205. The van der Waals surface area contributed by atoms with Gasteiger partial charge in [-0.25, -0.2) is 18.1 Å². The van der Waals surface area contributed by atoms with E-state index in [0.717, 1.165) is 18.3 Å². The molecule has 1 fully saturated rings. The van der Waals surface area contributed by atoms with Crippen LogP contribution < -0.4 is 10.2 Å². The SMILES string of the molecule is [2H][C@@]1(n2cc(C#C)c(=S)[nH]c2=O)O[C@](F)(COP2(=O)OCc3cc(F)ccc3O2)[C@@H](O)[C@H]1O. The van der Waals surface area contributed by atoms with Crippen molar-refractivity contribution in [3.63, 3.8) is 0 Å². The second kappa shape index (κ2) is 8.17. The van der Waals surface area contributed by atoms with E-state index in [2.05, 4.69) is 10.9 Å². The highest BCUT2D eigenvalue weighted by atomic mass is 32.1. The number of hydrogen-bond donors (Lipinski definition) is 3. The number of aromatic amines is 1. The van der Waals surface area contributed by atoms with E-state index in [9.17, 15) is 24.0 Å². The van der Waals surface area contributed by atoms with Gasteiger partial charge in [0.2, 0.25) is 0 Å². The number of aliphatic hydroxyl groups excluding tert-OH is 2. The number of hydrogen-bond acceptors (Lipinski definition) is 9. The molecule has 1 aromatic carbocycles. The monoisotopic (exact) mass is 489 g/mol. The Morgan fingerprint density at radius 2 is 2.28 bits per heavy atom. The smallest absolute Gasteiger partial charge is 0.404 e. The summed E-state index contributed by atoms with van der Waals surface area (Å²) in [5, 5.41) is 20.6. The first-order valence-corrected chi connectivity index (χ1v) is 10.7. The zero-order valence-corrected chi connectivity index (χ0v) is 17.6. The van der Waals surface area contributed by atoms with Crippen molar-refractivity contribution >= 4 is 20.0 Å². The normalized spacial score (nSPS) is 34.3. The standard InChI is InChI=1S/C18H15F2N2O8PS/c1-2-9-6-22(17(25)21-15(9)32)16-13(23)14(24)18(20,29-16)8-28-31(26)27-7-10-5-11(19)3-4-12(10)30-31/h1,3-6,13-14,16,23-24H,7-8H2,(H,21,25,32)/t13-,14+,16-,18-,31?/m1/s1/i16D. The predicted octanol–water partition coefficient (Wildman–Crippen LogP) is 1.68. The van der Waals surface area contributed by atoms with Crippen molar-refractivity contribution in [3.8, 4) is 18.1 Å². The molecule has 170 valence electrons. The summed E-state index contributed by atoms with van der Waals surface area (Å²) in [6, 6.07) is 3.28. The number of H-pyrrole nitrogens is 1. The van der Waals surface area contributed by atoms with Gasteiger partial charge in [0, 0.05) is 11.8 Å². The number of aromatic nitrogens is 2. The number of rotatable bonds is 4. The molecule has 0 bridgehead atoms. The Kier molecular flexibility index (Phi) is 5.47. The first kappa shape index (κ1) is 21.4. The fourth-order valence-electron chi connectivity index (χ4n) is 2.99. The molecule has 3 N–H and O–H groups in total. The highest BCUT2D eigenvalue weighted by Gasteiger charge is 2.57. The lowest BCUT2D eigenvalue weighted by Gasteiger charge is -2.28. The van der Waals surface area contributed by atoms with Crippen molar-refractivity contribution in [2.75, 3.05) is 6.61 Å². The van der Waals surface area contributed by atoms with E-state index >= 15 is 4.39 Å². The Balaban J connectivity index is 1.58. The van der Waals surface area contributed by atoms with Crippen molar-refractivity contribution in [1.29, 1.82) is 0 Å². The zero-order chi connectivity index (χ0) is 24.2. The number of nitrogens with zero attached hydrogens (tertiary/aromatic N) is 1. The van der Waals surface area contributed by atoms with E-state index in [-0.39, 0.29) is 28.1 Å². The molecular formula is C18H15F2N2O8PS. The van der Waals surface area contributed by atoms with E-state index in [0.29, 0.717) is 4.57 Å². The molecule has 1 unspecified atom stereocenters. The number of fused-ring (bicyclic) bond motifs is 1. The minimum atomic E-state index is -4.46. The number of phosphoric ester groups is 1. The fourth-order valence-corrected chi connectivity index (χ4v) is 4.41. The van der Waals surface area contributed by atoms with Gasteiger partial charge in [0.15, 0.2) is 6.20 Å². The second-order valence-electron chi connectivity index (χ2n) is 6.77. The molecule has 10 nitrogen and oxygen atoms in total. The molecule has 0 radical (unpaired) electrons. The van der Waals surface area contributed by atoms with Gasteiger partial charge in [0.05, 0.1) is 13.5 Å². The Morgan fingerprint density at radius 1 is 1.53 bits per heavy atom. The molecule has 32 heavy (non-hydrogen) atoms. The maximum absolute atomic E-state index is 15.5. The fraction of sp³-hybridized carbons (Fsp3) is 0.333. The average Bonchev–Trinajstić information content (AvgIpc) is 2.94. The molecule has 5 atom stereocenters. The van der Waals surface area contributed by atoms with Crippen LogP contribution in [0.4, 0.5) is 8.78 Å². The lowest BCUT2D eigenvalue weighted by atomic mass is 10.1. The minimum Gasteiger partial charge on any atom is -0.404 e. The van der Waals surface area contributed by atoms with Crippen molar-refractivity contribution in [3.05, 3.63) is 56.5 Å². The van der Waals surface area contributed by atoms with Crippen LogP contribution in [-0.4, -0.2) is 44.4 Å². The first-order valence-electron chi connectivity index (χ1n) is 9.36. The topological polar surface area (TPSA) is 132 Å². The number of aliphatic hydroxyl groups is 2. The molecule has 3 heterocycles. The first-order chi connectivity index (χ1) is 15.4. The van der Waals surface area contributed by atoms with Gasteiger partial charge in [-0.1, -0.05) is 18.1 Å². The van der Waals surface area contributed by atoms with E-state index in [1.54, 1.807) is 0 Å². The summed E-state index contributed by atoms with van der Waals surface area (Å²) in [7, 11) is -4.46. The maximum atomic E-state index is 15.5. The van der Waals surface area contributed by atoms with Gasteiger partial charge in [-0.2, -0.15) is 0 Å². The maximum Gasteiger partial charge on any atom is 0.530 e. The van der Waals surface area contributed by atoms with Gasteiger partial charge in [-0.3, -0.25) is 18.6 Å². The largest absolute Gasteiger partial charge is 0.530 e. The number of nitrogens with one attached hydrogen (secondary N) is 1. The summed E-state index contributed by atoms with van der Waals surface area (Å²) < 4.78 is 69.9. The van der Waals surface area contributed by atoms with Crippen LogP contribution in [0.3, 0.4) is 0 Å². The summed E-state index contributed by atoms with van der Waals surface area (Å²) in [6.45, 7) is -1.72. The summed E-state index contributed by atoms with van der Waals surface area (Å²) in [5.41, 5.74) is -0.929. The highest BCUT2D eigenvalue weighted by Crippen LogP contribution is 2.55. The van der Waals surface area contributed by atoms with Crippen molar-refractivity contribution in [1.82, 2.24) is 9.55 Å². The molecule has 0 amide bonds. The number of alkyl halides is 1. The van der Waals surface area contributed by atoms with E-state index in [1.807, 2.05) is 0 Å². The quantitative estimate of drug-likeness (QED) is 0.333. The summed E-state index contributed by atoms with van der Waals surface area (Å²) in [6.07, 6.45) is -1.51. The summed E-state index contributed by atoms with van der Waals surface area (Å²) in [5.74, 6) is -1.81. The third-order valence-electron chi connectivity index (χ3n) is 4.63. The molecule has 0 spiro atoms. The molecule has 1 aromatic heterocycles. The van der Waals surface area contributed by atoms with Gasteiger partial charge in [0.25, 0.3) is 5.85 Å². The Hall–Kier alpha value is -2.43. The van der Waals surface area contributed by atoms with Crippen LogP contribution in [0.1, 0.15) is 18.7 Å². The molecule has 1 saturated heterocycles. The van der Waals surface area contributed by atoms with Gasteiger partial charge >= 0.3 is 13.5 Å². The van der Waals surface area contributed by atoms with Crippen LogP contribution >= 0.6 is 20.0 Å². The molecule has 2 aliphatic heterocycles. The molecule has 0 aliphatic carbocycles. The van der Waals surface area contributed by atoms with Gasteiger partial charge in [-0.15, -0.1) is 6.42 Å². The van der Waals surface area contributed by atoms with Crippen LogP contribution in [0.2, 0.25) is 0 Å². The van der Waals surface area contributed by atoms with Gasteiger partial charge < -0.3 is 19.5 Å². The molecule has 2 aliphatic rings. The minimum absolute atomic E-state index is 0.0328. The molecule has 14 heteroatoms. The highest BCUT2D eigenvalue weighted by molar-refractivity contribution is 7.71. The Bertz CT molecular complexity index is 1330. The van der Waals surface area contributed by atoms with Crippen molar-refractivity contribution in [2.45, 2.75) is 30.9 Å². The molecule has 2 aromatic rings. The Morgan fingerprint density at radius 3 is 3.00 bits per heavy atom. The van der Waals surface area contributed by atoms with Gasteiger partial charge in [-0.05, 0) is 18.2 Å². The van der Waals surface area contributed by atoms with Crippen molar-refractivity contribution < 1.29 is 43.2 Å². The molecule has 4 rings (SSSR count). The summed E-state index contributed by atoms with van der Waals surface area (Å²) in [4.78, 5) is 14.4. The number of benzene rings is 1. The van der Waals surface area contributed by atoms with Crippen LogP contribution in [0.15, 0.2) is 29.2 Å². The van der Waals surface area contributed by atoms with Crippen LogP contribution in [0, 0.1) is 22.8 Å². The number of ether oxygens (including phenoxy) is 1. The van der Waals surface area contributed by atoms with Crippen LogP contribution in [-0.2, 0) is 25.0 Å². The average molecular weight is 489 g/mol. The zero-order valence-electron chi connectivity index (χ0n) is 16.9. The Labute approximate surface area is 185 Å². The molecular weight excluding hydrogens is 473 g/mol. The number of halogens is 2. The van der Waals surface area contributed by atoms with Crippen molar-refractivity contribution in [2.24, 2.45) is 0 Å². The van der Waals surface area contributed by atoms with Crippen LogP contribution in [0.25, 0.3) is 0 Å². The second-order valence-corrected chi connectivity index (χ2v) is 8.77. The van der Waals surface area contributed by atoms with Crippen LogP contribution in [0.5, 0.6) is 5.75 Å². The number of phosphoric acid groups is 1. The number of terminal acetylenes is 1. The van der Waals surface area contributed by atoms with Gasteiger partial charge in [0.1, 0.15) is 35.0 Å². The third-order valence-corrected chi connectivity index (χ3v) is 6.27. The predicted molar refractivity (Wildman–Crippen MR) is 105 cm³/mol. The van der Waals surface area contributed by atoms with E-state index in [4.69, 9.17) is 38.3 Å². The molecule has 0 saturated carbocycles. The third kappa shape index (κ3) is 4.02. The summed E-state index contributed by atoms with van der Waals surface area (Å²) >= 11 is 4.87. The van der Waals surface area contributed by atoms with E-state index < -0.39 is 50.2 Å². The van der Waals surface area contributed by atoms with E-state index in [1.165, 1.54) is 6.07 Å².